The number of amides is 3. The maximum absolute atomic E-state index is 14.6. The van der Waals surface area contributed by atoms with Crippen LogP contribution < -0.4 is 16.0 Å². The highest BCUT2D eigenvalue weighted by molar-refractivity contribution is 8.77. The maximum Gasteiger partial charge on any atom is 0.329 e. The van der Waals surface area contributed by atoms with Crippen molar-refractivity contribution in [2.75, 3.05) is 24.2 Å². The molecule has 1 saturated carbocycles. The minimum Gasteiger partial charge on any atom is -0.461 e. The van der Waals surface area contributed by atoms with Crippen molar-refractivity contribution in [3.63, 3.8) is 0 Å². The van der Waals surface area contributed by atoms with Crippen LogP contribution in [0.2, 0.25) is 0 Å². The van der Waals surface area contributed by atoms with Gasteiger partial charge in [-0.2, -0.15) is 0 Å². The zero-order valence-corrected chi connectivity index (χ0v) is 32.0. The number of hydrogen-bond acceptors (Lipinski definition) is 9. The van der Waals surface area contributed by atoms with E-state index in [0.29, 0.717) is 22.7 Å². The van der Waals surface area contributed by atoms with Crippen LogP contribution in [0.1, 0.15) is 69.6 Å². The summed E-state index contributed by atoms with van der Waals surface area (Å²) in [5.41, 5.74) is 9.58. The molecule has 10 nitrogen and oxygen atoms in total. The van der Waals surface area contributed by atoms with E-state index in [2.05, 4.69) is 26.1 Å². The molecule has 0 aromatic heterocycles. The summed E-state index contributed by atoms with van der Waals surface area (Å²) < 4.78 is 5.89. The summed E-state index contributed by atoms with van der Waals surface area (Å²) in [7, 11) is 4.65. The molecule has 1 fully saturated rings. The average Bonchev–Trinajstić information content (AvgIpc) is 3.25. The number of carbonyl (C=O) groups is 4. The minimum absolute atomic E-state index is 0.0228. The second-order valence-electron chi connectivity index (χ2n) is 14.2. The highest BCUT2D eigenvalue weighted by atomic mass is 33.1. The molecular weight excluding hydrogens is 695 g/mol. The third kappa shape index (κ3) is 10.5. The van der Waals surface area contributed by atoms with Crippen molar-refractivity contribution in [2.24, 2.45) is 10.7 Å². The van der Waals surface area contributed by atoms with Crippen molar-refractivity contribution >= 4 is 56.7 Å². The van der Waals surface area contributed by atoms with Crippen molar-refractivity contribution in [3.8, 4) is 0 Å². The molecule has 5 rings (SSSR count). The van der Waals surface area contributed by atoms with Crippen LogP contribution in [0.15, 0.2) is 89.9 Å². The molecular formula is C40H49N5O5S2. The number of ether oxygens (including phenoxy) is 1. The Labute approximate surface area is 314 Å². The molecule has 3 amide bonds. The van der Waals surface area contributed by atoms with E-state index < -0.39 is 48.5 Å². The molecule has 0 bridgehead atoms. The van der Waals surface area contributed by atoms with Crippen LogP contribution >= 0.6 is 21.6 Å². The summed E-state index contributed by atoms with van der Waals surface area (Å²) in [6.45, 7) is 5.83. The van der Waals surface area contributed by atoms with Crippen LogP contribution in [0.3, 0.4) is 0 Å². The van der Waals surface area contributed by atoms with Crippen molar-refractivity contribution in [3.05, 3.63) is 102 Å². The third-order valence-corrected chi connectivity index (χ3v) is 12.2. The summed E-state index contributed by atoms with van der Waals surface area (Å²) in [4.78, 5) is 63.5. The SMILES string of the molecule is CN(C(=O)C(N)CSSC(C)(C)C)C1N=C(c2ccccc2)c2ccccc2N(CC(=O)N[C@@H](Cc2ccccc2)C(=O)OC2CCCCC2)C1=O. The van der Waals surface area contributed by atoms with E-state index in [1.165, 1.54) is 27.6 Å². The lowest BCUT2D eigenvalue weighted by atomic mass is 9.97. The standard InChI is InChI=1S/C40H49N5O5S2/c1-40(2,3)52-51-26-31(41)37(47)44(4)36-38(48)45(33-23-15-14-22-30(33)35(43-36)28-18-10-6-11-19-28)25-34(46)42-32(24-27-16-8-5-9-17-27)39(49)50-29-20-12-7-13-21-29/h5-6,8-11,14-19,22-23,29,31-32,36H,7,12-13,20-21,24-26,41H2,1-4H3,(H,42,46)/t31?,32-,36?/m0/s1. The number of carbonyl (C=O) groups excluding carboxylic acids is 4. The Bertz CT molecular complexity index is 1730. The first-order valence-corrected chi connectivity index (χ1v) is 20.1. The smallest absolute Gasteiger partial charge is 0.329 e. The minimum atomic E-state index is -1.31. The van der Waals surface area contributed by atoms with Gasteiger partial charge in [-0.1, -0.05) is 128 Å². The Balaban J connectivity index is 1.44. The number of benzodiazepines with no additional fused rings is 1. The van der Waals surface area contributed by atoms with Crippen LogP contribution in [-0.2, 0) is 30.3 Å². The molecule has 3 N–H and O–H groups in total. The maximum atomic E-state index is 14.6. The first-order chi connectivity index (χ1) is 24.9. The monoisotopic (exact) mass is 743 g/mol. The second kappa shape index (κ2) is 18.1. The molecule has 276 valence electrons. The summed E-state index contributed by atoms with van der Waals surface area (Å²) in [5.74, 6) is -1.72. The van der Waals surface area contributed by atoms with Gasteiger partial charge in [-0.3, -0.25) is 19.3 Å². The van der Waals surface area contributed by atoms with Crippen LogP contribution in [0.4, 0.5) is 5.69 Å². The Hall–Kier alpha value is -4.13. The van der Waals surface area contributed by atoms with Gasteiger partial charge in [0.25, 0.3) is 5.91 Å². The molecule has 3 aromatic rings. The van der Waals surface area contributed by atoms with Gasteiger partial charge in [-0.05, 0) is 37.3 Å². The predicted molar refractivity (Wildman–Crippen MR) is 210 cm³/mol. The van der Waals surface area contributed by atoms with Gasteiger partial charge in [-0.15, -0.1) is 0 Å². The van der Waals surface area contributed by atoms with Gasteiger partial charge < -0.3 is 20.7 Å². The molecule has 3 atom stereocenters. The normalized spacial score (nSPS) is 17.6. The molecule has 0 radical (unpaired) electrons. The molecule has 12 heteroatoms. The van der Waals surface area contributed by atoms with Crippen molar-refractivity contribution in [1.82, 2.24) is 10.2 Å². The summed E-state index contributed by atoms with van der Waals surface area (Å²) >= 11 is 0. The predicted octanol–water partition coefficient (Wildman–Crippen LogP) is 5.77. The Morgan fingerprint density at radius 1 is 0.962 bits per heavy atom. The number of para-hydroxylation sites is 1. The van der Waals surface area contributed by atoms with Gasteiger partial charge in [0.1, 0.15) is 18.7 Å². The number of aliphatic imine (C=N–C) groups is 1. The lowest BCUT2D eigenvalue weighted by Crippen LogP contribution is -2.55. The van der Waals surface area contributed by atoms with E-state index in [1.54, 1.807) is 22.9 Å². The molecule has 1 aliphatic carbocycles. The van der Waals surface area contributed by atoms with Gasteiger partial charge in [-0.25, -0.2) is 9.79 Å². The summed E-state index contributed by atoms with van der Waals surface area (Å²) in [5, 5.41) is 2.89. The van der Waals surface area contributed by atoms with Crippen LogP contribution in [0.5, 0.6) is 0 Å². The zero-order valence-electron chi connectivity index (χ0n) is 30.3. The molecule has 0 spiro atoms. The fourth-order valence-corrected chi connectivity index (χ4v) is 8.66. The molecule has 1 aliphatic heterocycles. The number of likely N-dealkylation sites (N-methyl/N-ethyl adjacent to an activating group) is 1. The third-order valence-electron chi connectivity index (χ3n) is 8.86. The highest BCUT2D eigenvalue weighted by Gasteiger charge is 2.39. The Morgan fingerprint density at radius 2 is 1.60 bits per heavy atom. The van der Waals surface area contributed by atoms with Crippen molar-refractivity contribution < 1.29 is 23.9 Å². The molecule has 1 heterocycles. The molecule has 2 aliphatic rings. The Kier molecular flexibility index (Phi) is 13.6. The van der Waals surface area contributed by atoms with Gasteiger partial charge in [0.2, 0.25) is 18.0 Å². The van der Waals surface area contributed by atoms with E-state index in [-0.39, 0.29) is 17.3 Å². The summed E-state index contributed by atoms with van der Waals surface area (Å²) in [6.07, 6.45) is 3.43. The van der Waals surface area contributed by atoms with Crippen LogP contribution in [0.25, 0.3) is 0 Å². The van der Waals surface area contributed by atoms with Gasteiger partial charge in [0.05, 0.1) is 17.4 Å². The number of benzene rings is 3. The number of nitrogens with one attached hydrogen (secondary N) is 1. The highest BCUT2D eigenvalue weighted by Crippen LogP contribution is 2.35. The number of anilines is 1. The average molecular weight is 744 g/mol. The first kappa shape index (κ1) is 39.1. The van der Waals surface area contributed by atoms with Gasteiger partial charge in [0.15, 0.2) is 0 Å². The van der Waals surface area contributed by atoms with E-state index in [4.69, 9.17) is 15.5 Å². The van der Waals surface area contributed by atoms with Crippen molar-refractivity contribution in [1.29, 1.82) is 0 Å². The van der Waals surface area contributed by atoms with E-state index in [9.17, 15) is 19.2 Å². The number of rotatable bonds is 13. The fourth-order valence-electron chi connectivity index (χ4n) is 6.25. The number of hydrogen-bond donors (Lipinski definition) is 2. The van der Waals surface area contributed by atoms with Gasteiger partial charge >= 0.3 is 5.97 Å². The van der Waals surface area contributed by atoms with Crippen molar-refractivity contribution in [2.45, 2.75) is 88.4 Å². The van der Waals surface area contributed by atoms with Gasteiger partial charge in [0, 0.05) is 35.1 Å². The fraction of sp³-hybridized carbons (Fsp3) is 0.425. The number of fused-ring (bicyclic) bond motifs is 1. The number of nitrogens with two attached hydrogens (primary N) is 1. The topological polar surface area (TPSA) is 134 Å². The van der Waals surface area contributed by atoms with Crippen LogP contribution in [0, 0.1) is 0 Å². The molecule has 3 aromatic carbocycles. The Morgan fingerprint density at radius 3 is 2.27 bits per heavy atom. The van der Waals surface area contributed by atoms with E-state index in [0.717, 1.165) is 43.2 Å². The quantitative estimate of drug-likeness (QED) is 0.167. The first-order valence-electron chi connectivity index (χ1n) is 17.8. The molecule has 0 saturated heterocycles. The second-order valence-corrected chi connectivity index (χ2v) is 17.4. The lowest BCUT2D eigenvalue weighted by Gasteiger charge is -2.31. The molecule has 2 unspecified atom stereocenters. The zero-order chi connectivity index (χ0) is 37.3. The van der Waals surface area contributed by atoms with Crippen LogP contribution in [-0.4, -0.2) is 82.7 Å². The largest absolute Gasteiger partial charge is 0.461 e. The molecule has 52 heavy (non-hydrogen) atoms. The van der Waals surface area contributed by atoms with E-state index >= 15 is 0 Å². The number of nitrogens with zero attached hydrogens (tertiary/aromatic N) is 3. The summed E-state index contributed by atoms with van der Waals surface area (Å²) in [6, 6.07) is 24.2. The van der Waals surface area contributed by atoms with E-state index in [1.807, 2.05) is 72.8 Å². The number of esters is 1. The lowest BCUT2D eigenvalue weighted by molar-refractivity contribution is -0.154.